The number of carbonyl (C=O) groups is 2. The van der Waals surface area contributed by atoms with Gasteiger partial charge in [-0.1, -0.05) is 30.3 Å². The van der Waals surface area contributed by atoms with Gasteiger partial charge in [0.15, 0.2) is 6.61 Å². The molecule has 0 bridgehead atoms. The van der Waals surface area contributed by atoms with E-state index in [1.165, 1.54) is 16.9 Å². The average molecular weight is 407 g/mol. The quantitative estimate of drug-likeness (QED) is 0.628. The van der Waals surface area contributed by atoms with Crippen LogP contribution >= 0.6 is 11.3 Å². The molecule has 5 nitrogen and oxygen atoms in total. The molecule has 0 atom stereocenters. The van der Waals surface area contributed by atoms with Gasteiger partial charge in [0.2, 0.25) is 0 Å². The summed E-state index contributed by atoms with van der Waals surface area (Å²) in [6, 6.07) is 17.5. The number of thiophene rings is 1. The Morgan fingerprint density at radius 3 is 2.62 bits per heavy atom. The summed E-state index contributed by atoms with van der Waals surface area (Å²) in [7, 11) is 1.66. The Morgan fingerprint density at radius 1 is 1.03 bits per heavy atom. The van der Waals surface area contributed by atoms with E-state index < -0.39 is 5.97 Å². The standard InChI is InChI=1S/C23H21NO4S/c1-27-18-9-10-19-16(11-18)7-8-17-12-20(29-22(17)19)23(26)28-14-21(25)24-13-15-5-3-2-4-6-15/h2-6,9-12H,7-8,13-14H2,1H3,(H,24,25). The molecular weight excluding hydrogens is 386 g/mol. The monoisotopic (exact) mass is 407 g/mol. The zero-order chi connectivity index (χ0) is 20.2. The lowest BCUT2D eigenvalue weighted by molar-refractivity contribution is -0.124. The highest BCUT2D eigenvalue weighted by atomic mass is 32.1. The van der Waals surface area contributed by atoms with E-state index in [0.717, 1.165) is 40.2 Å². The summed E-state index contributed by atoms with van der Waals surface area (Å²) in [6.45, 7) is 0.118. The third-order valence-electron chi connectivity index (χ3n) is 4.90. The number of nitrogens with one attached hydrogen (secondary N) is 1. The van der Waals surface area contributed by atoms with Crippen LogP contribution in [-0.4, -0.2) is 25.6 Å². The van der Waals surface area contributed by atoms with Gasteiger partial charge in [0.05, 0.1) is 7.11 Å². The molecule has 1 aromatic heterocycles. The third kappa shape index (κ3) is 4.32. The molecule has 0 spiro atoms. The summed E-state index contributed by atoms with van der Waals surface area (Å²) >= 11 is 1.41. The normalized spacial score (nSPS) is 11.9. The number of fused-ring (bicyclic) bond motifs is 3. The fraction of sp³-hybridized carbons (Fsp3) is 0.217. The van der Waals surface area contributed by atoms with Crippen LogP contribution in [0.3, 0.4) is 0 Å². The second-order valence-electron chi connectivity index (χ2n) is 6.83. The van der Waals surface area contributed by atoms with Crippen molar-refractivity contribution in [3.63, 3.8) is 0 Å². The number of hydrogen-bond acceptors (Lipinski definition) is 5. The van der Waals surface area contributed by atoms with E-state index in [4.69, 9.17) is 9.47 Å². The van der Waals surface area contributed by atoms with Crippen LogP contribution in [0.15, 0.2) is 54.6 Å². The first-order valence-corrected chi connectivity index (χ1v) is 10.2. The zero-order valence-electron chi connectivity index (χ0n) is 16.1. The lowest BCUT2D eigenvalue weighted by Gasteiger charge is -2.16. The maximum Gasteiger partial charge on any atom is 0.348 e. The van der Waals surface area contributed by atoms with Gasteiger partial charge in [0.1, 0.15) is 10.6 Å². The van der Waals surface area contributed by atoms with Crippen molar-refractivity contribution in [1.29, 1.82) is 0 Å². The Balaban J connectivity index is 1.38. The molecule has 1 heterocycles. The summed E-state index contributed by atoms with van der Waals surface area (Å²) in [5, 5.41) is 2.75. The van der Waals surface area contributed by atoms with Crippen molar-refractivity contribution in [2.45, 2.75) is 19.4 Å². The predicted octanol–water partition coefficient (Wildman–Crippen LogP) is 4.00. The summed E-state index contributed by atoms with van der Waals surface area (Å²) in [5.74, 6) is 0.0557. The number of aryl methyl sites for hydroxylation is 2. The van der Waals surface area contributed by atoms with Crippen molar-refractivity contribution in [1.82, 2.24) is 5.32 Å². The fourth-order valence-corrected chi connectivity index (χ4v) is 4.55. The number of hydrogen-bond donors (Lipinski definition) is 1. The molecule has 0 saturated carbocycles. The summed E-state index contributed by atoms with van der Waals surface area (Å²) in [5.41, 5.74) is 4.50. The van der Waals surface area contributed by atoms with Crippen LogP contribution in [0.25, 0.3) is 10.4 Å². The SMILES string of the molecule is COc1ccc2c(c1)CCc1cc(C(=O)OCC(=O)NCc3ccccc3)sc1-2. The molecule has 0 fully saturated rings. The largest absolute Gasteiger partial charge is 0.497 e. The smallest absolute Gasteiger partial charge is 0.348 e. The maximum atomic E-state index is 12.4. The Hall–Kier alpha value is -3.12. The molecule has 29 heavy (non-hydrogen) atoms. The van der Waals surface area contributed by atoms with E-state index >= 15 is 0 Å². The number of benzene rings is 2. The second kappa shape index (κ2) is 8.49. The molecule has 3 aromatic rings. The number of esters is 1. The Bertz CT molecular complexity index is 1040. The van der Waals surface area contributed by atoms with E-state index in [9.17, 15) is 9.59 Å². The summed E-state index contributed by atoms with van der Waals surface area (Å²) < 4.78 is 10.5. The minimum Gasteiger partial charge on any atom is -0.497 e. The van der Waals surface area contributed by atoms with Crippen molar-refractivity contribution < 1.29 is 19.1 Å². The van der Waals surface area contributed by atoms with Gasteiger partial charge in [-0.15, -0.1) is 11.3 Å². The first kappa shape index (κ1) is 19.2. The van der Waals surface area contributed by atoms with Gasteiger partial charge >= 0.3 is 5.97 Å². The molecule has 0 saturated heterocycles. The number of amides is 1. The number of rotatable bonds is 6. The summed E-state index contributed by atoms with van der Waals surface area (Å²) in [4.78, 5) is 26.0. The van der Waals surface area contributed by atoms with Crippen molar-refractivity contribution in [3.8, 4) is 16.2 Å². The molecule has 2 aromatic carbocycles. The Labute approximate surface area is 173 Å². The molecule has 1 aliphatic carbocycles. The molecule has 148 valence electrons. The molecule has 0 radical (unpaired) electrons. The van der Waals surface area contributed by atoms with Gasteiger partial charge in [-0.25, -0.2) is 4.79 Å². The van der Waals surface area contributed by atoms with Crippen LogP contribution in [0, 0.1) is 0 Å². The van der Waals surface area contributed by atoms with Crippen molar-refractivity contribution in [2.75, 3.05) is 13.7 Å². The van der Waals surface area contributed by atoms with Crippen LogP contribution < -0.4 is 10.1 Å². The molecule has 1 aliphatic rings. The van der Waals surface area contributed by atoms with E-state index in [0.29, 0.717) is 11.4 Å². The zero-order valence-corrected chi connectivity index (χ0v) is 16.9. The highest BCUT2D eigenvalue weighted by Gasteiger charge is 2.23. The van der Waals surface area contributed by atoms with Gasteiger partial charge in [-0.2, -0.15) is 0 Å². The van der Waals surface area contributed by atoms with Crippen LogP contribution in [0.5, 0.6) is 5.75 Å². The molecule has 0 aliphatic heterocycles. The topological polar surface area (TPSA) is 64.6 Å². The third-order valence-corrected chi connectivity index (χ3v) is 6.09. The fourth-order valence-electron chi connectivity index (χ4n) is 3.39. The lowest BCUT2D eigenvalue weighted by Crippen LogP contribution is -2.28. The Morgan fingerprint density at radius 2 is 1.83 bits per heavy atom. The average Bonchev–Trinajstić information content (AvgIpc) is 3.21. The van der Waals surface area contributed by atoms with Crippen LogP contribution in [0.4, 0.5) is 0 Å². The van der Waals surface area contributed by atoms with Crippen LogP contribution in [0.1, 0.15) is 26.4 Å². The van der Waals surface area contributed by atoms with Gasteiger partial charge in [-0.3, -0.25) is 4.79 Å². The molecule has 6 heteroatoms. The van der Waals surface area contributed by atoms with Gasteiger partial charge in [0.25, 0.3) is 5.91 Å². The minimum atomic E-state index is -0.464. The highest BCUT2D eigenvalue weighted by Crippen LogP contribution is 2.40. The number of methoxy groups -OCH3 is 1. The number of carbonyl (C=O) groups excluding carboxylic acids is 2. The first-order valence-electron chi connectivity index (χ1n) is 9.42. The van der Waals surface area contributed by atoms with E-state index in [1.54, 1.807) is 7.11 Å². The van der Waals surface area contributed by atoms with E-state index in [1.807, 2.05) is 54.6 Å². The minimum absolute atomic E-state index is 0.290. The maximum absolute atomic E-state index is 12.4. The predicted molar refractivity (Wildman–Crippen MR) is 112 cm³/mol. The highest BCUT2D eigenvalue weighted by molar-refractivity contribution is 7.17. The van der Waals surface area contributed by atoms with Crippen LogP contribution in [0.2, 0.25) is 0 Å². The molecular formula is C23H21NO4S. The van der Waals surface area contributed by atoms with Crippen LogP contribution in [-0.2, 0) is 28.9 Å². The molecule has 1 N–H and O–H groups in total. The van der Waals surface area contributed by atoms with Gasteiger partial charge in [0, 0.05) is 11.4 Å². The lowest BCUT2D eigenvalue weighted by atomic mass is 9.91. The van der Waals surface area contributed by atoms with Gasteiger partial charge in [-0.05, 0) is 59.4 Å². The van der Waals surface area contributed by atoms with Crippen molar-refractivity contribution in [2.24, 2.45) is 0 Å². The van der Waals surface area contributed by atoms with E-state index in [2.05, 4.69) is 5.32 Å². The van der Waals surface area contributed by atoms with Gasteiger partial charge < -0.3 is 14.8 Å². The first-order chi connectivity index (χ1) is 14.1. The van der Waals surface area contributed by atoms with Crippen molar-refractivity contribution >= 4 is 23.2 Å². The molecule has 0 unspecified atom stereocenters. The molecule has 1 amide bonds. The van der Waals surface area contributed by atoms with Crippen molar-refractivity contribution in [3.05, 3.63) is 76.2 Å². The summed E-state index contributed by atoms with van der Waals surface area (Å²) in [6.07, 6.45) is 1.78. The number of ether oxygens (including phenoxy) is 2. The Kier molecular flexibility index (Phi) is 5.62. The second-order valence-corrected chi connectivity index (χ2v) is 7.88. The molecule has 4 rings (SSSR count). The van der Waals surface area contributed by atoms with E-state index in [-0.39, 0.29) is 12.5 Å².